The fourth-order valence-corrected chi connectivity index (χ4v) is 1.94. The number of phenolic OH excluding ortho intramolecular Hbond substituents is 1. The van der Waals surface area contributed by atoms with Crippen LogP contribution in [0.5, 0.6) is 5.75 Å². The number of halogens is 1. The number of aromatic hydroxyl groups is 1. The van der Waals surface area contributed by atoms with Gasteiger partial charge in [0.2, 0.25) is 0 Å². The van der Waals surface area contributed by atoms with Crippen molar-refractivity contribution in [1.82, 2.24) is 4.98 Å². The van der Waals surface area contributed by atoms with Crippen LogP contribution in [-0.2, 0) is 0 Å². The minimum Gasteiger partial charge on any atom is -0.508 e. The van der Waals surface area contributed by atoms with Crippen LogP contribution in [0.2, 0.25) is 0 Å². The second-order valence-corrected chi connectivity index (χ2v) is 4.91. The lowest BCUT2D eigenvalue weighted by atomic mass is 10.1. The summed E-state index contributed by atoms with van der Waals surface area (Å²) >= 11 is 3.27. The molecule has 0 aliphatic rings. The van der Waals surface area contributed by atoms with Crippen molar-refractivity contribution in [3.8, 4) is 5.75 Å². The maximum atomic E-state index is 12.0. The molecule has 4 N–H and O–H groups in total. The molecule has 2 aromatic rings. The van der Waals surface area contributed by atoms with Crippen LogP contribution in [0.1, 0.15) is 15.9 Å². The Balaban J connectivity index is 2.23. The Hall–Kier alpha value is -2.08. The second kappa shape index (κ2) is 5.27. The number of aryl methyl sites for hydroxylation is 1. The van der Waals surface area contributed by atoms with Crippen LogP contribution >= 0.6 is 15.9 Å². The first kappa shape index (κ1) is 13.4. The highest BCUT2D eigenvalue weighted by Gasteiger charge is 2.11. The third-order valence-electron chi connectivity index (χ3n) is 2.57. The predicted molar refractivity (Wildman–Crippen MR) is 77.1 cm³/mol. The molecule has 0 fully saturated rings. The van der Waals surface area contributed by atoms with Gasteiger partial charge in [0.15, 0.2) is 0 Å². The van der Waals surface area contributed by atoms with Crippen molar-refractivity contribution in [3.63, 3.8) is 0 Å². The number of carbonyl (C=O) groups excluding carboxylic acids is 1. The lowest BCUT2D eigenvalue weighted by Gasteiger charge is -2.08. The van der Waals surface area contributed by atoms with Crippen LogP contribution < -0.4 is 11.1 Å². The largest absolute Gasteiger partial charge is 0.508 e. The third-order valence-corrected chi connectivity index (χ3v) is 3.17. The van der Waals surface area contributed by atoms with Gasteiger partial charge in [-0.3, -0.25) is 4.79 Å². The molecule has 6 heteroatoms. The summed E-state index contributed by atoms with van der Waals surface area (Å²) in [5, 5.41) is 12.2. The van der Waals surface area contributed by atoms with Gasteiger partial charge in [0.25, 0.3) is 5.91 Å². The number of aromatic nitrogens is 1. The first-order valence-electron chi connectivity index (χ1n) is 5.49. The van der Waals surface area contributed by atoms with E-state index in [2.05, 4.69) is 26.2 Å². The molecule has 0 unspecified atom stereocenters. The van der Waals surface area contributed by atoms with E-state index in [4.69, 9.17) is 5.73 Å². The number of carbonyl (C=O) groups is 1. The molecule has 19 heavy (non-hydrogen) atoms. The van der Waals surface area contributed by atoms with Crippen LogP contribution in [0.4, 0.5) is 11.5 Å². The fraction of sp³-hybridized carbons (Fsp3) is 0.0769. The van der Waals surface area contributed by atoms with E-state index in [0.717, 1.165) is 0 Å². The highest BCUT2D eigenvalue weighted by atomic mass is 79.9. The van der Waals surface area contributed by atoms with Crippen LogP contribution in [0.15, 0.2) is 34.9 Å². The van der Waals surface area contributed by atoms with E-state index < -0.39 is 0 Å². The van der Waals surface area contributed by atoms with Gasteiger partial charge in [-0.05, 0) is 46.6 Å². The van der Waals surface area contributed by atoms with Gasteiger partial charge in [0, 0.05) is 5.56 Å². The molecular formula is C13H12BrN3O2. The van der Waals surface area contributed by atoms with Gasteiger partial charge in [-0.2, -0.15) is 0 Å². The first-order valence-corrected chi connectivity index (χ1v) is 6.28. The summed E-state index contributed by atoms with van der Waals surface area (Å²) in [4.78, 5) is 16.0. The van der Waals surface area contributed by atoms with Gasteiger partial charge in [0.05, 0.1) is 16.4 Å². The molecule has 0 bridgehead atoms. The number of nitrogen functional groups attached to an aromatic ring is 1. The minimum absolute atomic E-state index is 0.0805. The molecular weight excluding hydrogens is 310 g/mol. The number of hydrogen-bond donors (Lipinski definition) is 3. The van der Waals surface area contributed by atoms with Gasteiger partial charge < -0.3 is 16.2 Å². The summed E-state index contributed by atoms with van der Waals surface area (Å²) in [6.45, 7) is 1.76. The summed E-state index contributed by atoms with van der Waals surface area (Å²) in [7, 11) is 0. The SMILES string of the molecule is Cc1ccc(C(=O)Nc2ncc(N)cc2Br)cc1O. The Kier molecular flexibility index (Phi) is 3.71. The van der Waals surface area contributed by atoms with E-state index in [1.54, 1.807) is 25.1 Å². The second-order valence-electron chi connectivity index (χ2n) is 4.05. The van der Waals surface area contributed by atoms with Gasteiger partial charge >= 0.3 is 0 Å². The molecule has 1 aromatic heterocycles. The van der Waals surface area contributed by atoms with E-state index >= 15 is 0 Å². The molecule has 0 spiro atoms. The average molecular weight is 322 g/mol. The molecule has 1 aromatic carbocycles. The maximum Gasteiger partial charge on any atom is 0.256 e. The van der Waals surface area contributed by atoms with Crippen LogP contribution in [0, 0.1) is 6.92 Å². The predicted octanol–water partition coefficient (Wildman–Crippen LogP) is 2.69. The van der Waals surface area contributed by atoms with Crippen molar-refractivity contribution in [2.45, 2.75) is 6.92 Å². The van der Waals surface area contributed by atoms with Crippen molar-refractivity contribution >= 4 is 33.3 Å². The number of phenols is 1. The average Bonchev–Trinajstić information content (AvgIpc) is 2.36. The summed E-state index contributed by atoms with van der Waals surface area (Å²) in [5.41, 5.74) is 7.13. The third kappa shape index (κ3) is 3.03. The molecule has 0 atom stereocenters. The van der Waals surface area contributed by atoms with Gasteiger partial charge in [0.1, 0.15) is 11.6 Å². The van der Waals surface area contributed by atoms with Gasteiger partial charge in [-0.25, -0.2) is 4.98 Å². The molecule has 0 radical (unpaired) electrons. The van der Waals surface area contributed by atoms with Gasteiger partial charge in [-0.1, -0.05) is 6.07 Å². The maximum absolute atomic E-state index is 12.0. The van der Waals surface area contributed by atoms with Crippen molar-refractivity contribution in [2.75, 3.05) is 11.1 Å². The van der Waals surface area contributed by atoms with Crippen LogP contribution in [-0.4, -0.2) is 16.0 Å². The molecule has 98 valence electrons. The van der Waals surface area contributed by atoms with E-state index in [1.807, 2.05) is 0 Å². The molecule has 2 rings (SSSR count). The quantitative estimate of drug-likeness (QED) is 0.793. The number of rotatable bonds is 2. The molecule has 0 aliphatic carbocycles. The van der Waals surface area contributed by atoms with E-state index in [9.17, 15) is 9.90 Å². The summed E-state index contributed by atoms with van der Waals surface area (Å²) in [5.74, 6) is 0.101. The number of nitrogens with one attached hydrogen (secondary N) is 1. The molecule has 0 saturated carbocycles. The van der Waals surface area contributed by atoms with Crippen LogP contribution in [0.3, 0.4) is 0 Å². The Morgan fingerprint density at radius 1 is 1.42 bits per heavy atom. The van der Waals surface area contributed by atoms with E-state index in [1.165, 1.54) is 12.3 Å². The summed E-state index contributed by atoms with van der Waals surface area (Å²) in [6.07, 6.45) is 1.45. The first-order chi connectivity index (χ1) is 8.97. The van der Waals surface area contributed by atoms with Crippen molar-refractivity contribution < 1.29 is 9.90 Å². The normalized spacial score (nSPS) is 10.2. The van der Waals surface area contributed by atoms with Crippen molar-refractivity contribution in [1.29, 1.82) is 0 Å². The van der Waals surface area contributed by atoms with Gasteiger partial charge in [-0.15, -0.1) is 0 Å². The zero-order valence-corrected chi connectivity index (χ0v) is 11.7. The number of anilines is 2. The molecule has 5 nitrogen and oxygen atoms in total. The summed E-state index contributed by atoms with van der Waals surface area (Å²) < 4.78 is 0.595. The Morgan fingerprint density at radius 2 is 2.16 bits per heavy atom. The Bertz CT molecular complexity index is 644. The van der Waals surface area contributed by atoms with Crippen molar-refractivity contribution in [2.24, 2.45) is 0 Å². The highest BCUT2D eigenvalue weighted by molar-refractivity contribution is 9.10. The Morgan fingerprint density at radius 3 is 2.79 bits per heavy atom. The number of hydrogen-bond acceptors (Lipinski definition) is 4. The summed E-state index contributed by atoms with van der Waals surface area (Å²) in [6, 6.07) is 6.37. The number of nitrogens with zero attached hydrogens (tertiary/aromatic N) is 1. The lowest BCUT2D eigenvalue weighted by Crippen LogP contribution is -2.13. The zero-order valence-electron chi connectivity index (χ0n) is 10.1. The molecule has 0 aliphatic heterocycles. The fourth-order valence-electron chi connectivity index (χ4n) is 1.48. The number of benzene rings is 1. The van der Waals surface area contributed by atoms with E-state index in [0.29, 0.717) is 27.1 Å². The highest BCUT2D eigenvalue weighted by Crippen LogP contribution is 2.23. The molecule has 1 amide bonds. The Labute approximate surface area is 118 Å². The number of amides is 1. The van der Waals surface area contributed by atoms with E-state index in [-0.39, 0.29) is 11.7 Å². The smallest absolute Gasteiger partial charge is 0.256 e. The number of pyridine rings is 1. The number of nitrogens with two attached hydrogens (primary N) is 1. The topological polar surface area (TPSA) is 88.2 Å². The van der Waals surface area contributed by atoms with Crippen molar-refractivity contribution in [3.05, 3.63) is 46.1 Å². The molecule has 0 saturated heterocycles. The van der Waals surface area contributed by atoms with Crippen LogP contribution in [0.25, 0.3) is 0 Å². The standard InChI is InChI=1S/C13H12BrN3O2/c1-7-2-3-8(4-11(7)18)13(19)17-12-10(14)5-9(15)6-16-12/h2-6,18H,15H2,1H3,(H,16,17,19). The minimum atomic E-state index is -0.353. The lowest BCUT2D eigenvalue weighted by molar-refractivity contribution is 0.102. The molecule has 1 heterocycles. The monoisotopic (exact) mass is 321 g/mol. The zero-order chi connectivity index (χ0) is 14.0.